The van der Waals surface area contributed by atoms with Gasteiger partial charge in [-0.15, -0.1) is 0 Å². The molecule has 0 aromatic heterocycles. The molecule has 2 aromatic rings. The van der Waals surface area contributed by atoms with E-state index in [1.807, 2.05) is 6.07 Å². The molecule has 2 nitrogen and oxygen atoms in total. The van der Waals surface area contributed by atoms with Crippen LogP contribution in [0.3, 0.4) is 0 Å². The molecule has 20 heavy (non-hydrogen) atoms. The summed E-state index contributed by atoms with van der Waals surface area (Å²) < 4.78 is 37.8. The second-order valence-electron chi connectivity index (χ2n) is 4.01. The number of benzene rings is 2. The SMILES string of the molecule is N#Cc1cc(Cl)ccc1Nc1cccc(C(F)(F)F)c1. The molecule has 0 atom stereocenters. The van der Waals surface area contributed by atoms with Crippen molar-refractivity contribution in [3.05, 3.63) is 58.6 Å². The number of anilines is 2. The van der Waals surface area contributed by atoms with Crippen molar-refractivity contribution in [3.8, 4) is 6.07 Å². The Labute approximate surface area is 118 Å². The highest BCUT2D eigenvalue weighted by molar-refractivity contribution is 6.30. The monoisotopic (exact) mass is 296 g/mol. The molecule has 0 saturated heterocycles. The van der Waals surface area contributed by atoms with Gasteiger partial charge in [-0.2, -0.15) is 18.4 Å². The van der Waals surface area contributed by atoms with Crippen LogP contribution >= 0.6 is 11.6 Å². The Bertz CT molecular complexity index is 675. The van der Waals surface area contributed by atoms with E-state index in [1.165, 1.54) is 18.2 Å². The van der Waals surface area contributed by atoms with E-state index in [0.29, 0.717) is 10.7 Å². The molecule has 0 saturated carbocycles. The van der Waals surface area contributed by atoms with E-state index in [9.17, 15) is 13.2 Å². The summed E-state index contributed by atoms with van der Waals surface area (Å²) in [5.41, 5.74) is 0.153. The molecule has 102 valence electrons. The van der Waals surface area contributed by atoms with Crippen LogP contribution in [0.5, 0.6) is 0 Å². The van der Waals surface area contributed by atoms with Crippen molar-refractivity contribution in [2.75, 3.05) is 5.32 Å². The first-order valence-electron chi connectivity index (χ1n) is 5.54. The molecule has 6 heteroatoms. The molecule has 0 aliphatic carbocycles. The van der Waals surface area contributed by atoms with Crippen molar-refractivity contribution >= 4 is 23.0 Å². The first-order valence-corrected chi connectivity index (χ1v) is 5.92. The molecule has 0 radical (unpaired) electrons. The summed E-state index contributed by atoms with van der Waals surface area (Å²) in [4.78, 5) is 0. The third-order valence-electron chi connectivity index (χ3n) is 2.57. The lowest BCUT2D eigenvalue weighted by Crippen LogP contribution is -2.05. The highest BCUT2D eigenvalue weighted by atomic mass is 35.5. The number of nitrogens with one attached hydrogen (secondary N) is 1. The van der Waals surface area contributed by atoms with Crippen molar-refractivity contribution in [2.45, 2.75) is 6.18 Å². The molecular formula is C14H8ClF3N2. The van der Waals surface area contributed by atoms with Crippen molar-refractivity contribution in [1.29, 1.82) is 5.26 Å². The van der Waals surface area contributed by atoms with Crippen molar-refractivity contribution in [2.24, 2.45) is 0 Å². The van der Waals surface area contributed by atoms with Crippen LogP contribution in [-0.4, -0.2) is 0 Å². The van der Waals surface area contributed by atoms with E-state index >= 15 is 0 Å². The Morgan fingerprint density at radius 2 is 1.85 bits per heavy atom. The maximum absolute atomic E-state index is 12.6. The van der Waals surface area contributed by atoms with Crippen LogP contribution in [0.25, 0.3) is 0 Å². The van der Waals surface area contributed by atoms with Gasteiger partial charge in [0, 0.05) is 10.7 Å². The van der Waals surface area contributed by atoms with Crippen LogP contribution in [-0.2, 0) is 6.18 Å². The molecule has 0 spiro atoms. The van der Waals surface area contributed by atoms with Gasteiger partial charge in [0.2, 0.25) is 0 Å². The Kier molecular flexibility index (Phi) is 3.86. The van der Waals surface area contributed by atoms with Gasteiger partial charge in [-0.3, -0.25) is 0 Å². The van der Waals surface area contributed by atoms with Gasteiger partial charge in [-0.25, -0.2) is 0 Å². The number of alkyl halides is 3. The van der Waals surface area contributed by atoms with E-state index in [4.69, 9.17) is 16.9 Å². The lowest BCUT2D eigenvalue weighted by Gasteiger charge is -2.11. The third kappa shape index (κ3) is 3.22. The summed E-state index contributed by atoms with van der Waals surface area (Å²) in [7, 11) is 0. The summed E-state index contributed by atoms with van der Waals surface area (Å²) in [5.74, 6) is 0. The van der Waals surface area contributed by atoms with Gasteiger partial charge in [-0.1, -0.05) is 17.7 Å². The molecule has 0 bridgehead atoms. The summed E-state index contributed by atoms with van der Waals surface area (Å²) in [6, 6.07) is 11.2. The molecule has 1 N–H and O–H groups in total. The number of nitrogens with zero attached hydrogens (tertiary/aromatic N) is 1. The largest absolute Gasteiger partial charge is 0.416 e. The van der Waals surface area contributed by atoms with Gasteiger partial charge in [-0.05, 0) is 36.4 Å². The van der Waals surface area contributed by atoms with Crippen LogP contribution in [0.2, 0.25) is 5.02 Å². The normalized spacial score (nSPS) is 10.9. The van der Waals surface area contributed by atoms with E-state index in [0.717, 1.165) is 12.1 Å². The Morgan fingerprint density at radius 3 is 2.50 bits per heavy atom. The standard InChI is InChI=1S/C14H8ClF3N2/c15-11-4-5-13(9(6-11)8-19)20-12-3-1-2-10(7-12)14(16,17)18/h1-7,20H. The Balaban J connectivity index is 2.34. The van der Waals surface area contributed by atoms with Gasteiger partial charge in [0.15, 0.2) is 0 Å². The molecule has 0 aliphatic heterocycles. The van der Waals surface area contributed by atoms with Gasteiger partial charge in [0.25, 0.3) is 0 Å². The van der Waals surface area contributed by atoms with Gasteiger partial charge in [0.1, 0.15) is 6.07 Å². The highest BCUT2D eigenvalue weighted by Gasteiger charge is 2.30. The molecule has 2 aromatic carbocycles. The van der Waals surface area contributed by atoms with Crippen LogP contribution in [0.1, 0.15) is 11.1 Å². The number of nitriles is 1. The number of hydrogen-bond donors (Lipinski definition) is 1. The van der Waals surface area contributed by atoms with Crippen molar-refractivity contribution in [3.63, 3.8) is 0 Å². The fourth-order valence-corrected chi connectivity index (χ4v) is 1.82. The predicted octanol–water partition coefficient (Wildman–Crippen LogP) is 4.97. The zero-order valence-corrected chi connectivity index (χ0v) is 10.8. The summed E-state index contributed by atoms with van der Waals surface area (Å²) in [5, 5.41) is 12.1. The number of halogens is 4. The molecular weight excluding hydrogens is 289 g/mol. The fourth-order valence-electron chi connectivity index (χ4n) is 1.65. The van der Waals surface area contributed by atoms with Crippen molar-refractivity contribution in [1.82, 2.24) is 0 Å². The second kappa shape index (κ2) is 5.43. The van der Waals surface area contributed by atoms with Gasteiger partial charge in [0.05, 0.1) is 16.8 Å². The van der Waals surface area contributed by atoms with E-state index in [-0.39, 0.29) is 11.3 Å². The average molecular weight is 297 g/mol. The summed E-state index contributed by atoms with van der Waals surface area (Å²) in [6.07, 6.45) is -4.41. The highest BCUT2D eigenvalue weighted by Crippen LogP contribution is 2.32. The number of rotatable bonds is 2. The first-order chi connectivity index (χ1) is 9.40. The molecule has 2 rings (SSSR count). The average Bonchev–Trinajstić information content (AvgIpc) is 2.40. The third-order valence-corrected chi connectivity index (χ3v) is 2.81. The lowest BCUT2D eigenvalue weighted by atomic mass is 10.1. The number of hydrogen-bond acceptors (Lipinski definition) is 2. The first kappa shape index (κ1) is 14.2. The van der Waals surface area contributed by atoms with Crippen LogP contribution in [0, 0.1) is 11.3 Å². The quantitative estimate of drug-likeness (QED) is 0.849. The van der Waals surface area contributed by atoms with Gasteiger partial charge >= 0.3 is 6.18 Å². The smallest absolute Gasteiger partial charge is 0.354 e. The molecule has 0 unspecified atom stereocenters. The Hall–Kier alpha value is -2.19. The zero-order chi connectivity index (χ0) is 14.8. The predicted molar refractivity (Wildman–Crippen MR) is 70.9 cm³/mol. The molecule has 0 amide bonds. The maximum atomic E-state index is 12.6. The van der Waals surface area contributed by atoms with Crippen LogP contribution in [0.4, 0.5) is 24.5 Å². The maximum Gasteiger partial charge on any atom is 0.416 e. The lowest BCUT2D eigenvalue weighted by molar-refractivity contribution is -0.137. The van der Waals surface area contributed by atoms with Gasteiger partial charge < -0.3 is 5.32 Å². The van der Waals surface area contributed by atoms with E-state index < -0.39 is 11.7 Å². The van der Waals surface area contributed by atoms with Crippen LogP contribution in [0.15, 0.2) is 42.5 Å². The summed E-state index contributed by atoms with van der Waals surface area (Å²) in [6.45, 7) is 0. The molecule has 0 fully saturated rings. The second-order valence-corrected chi connectivity index (χ2v) is 4.44. The minimum atomic E-state index is -4.41. The van der Waals surface area contributed by atoms with Crippen molar-refractivity contribution < 1.29 is 13.2 Å². The topological polar surface area (TPSA) is 35.8 Å². The zero-order valence-electron chi connectivity index (χ0n) is 10.0. The Morgan fingerprint density at radius 1 is 1.10 bits per heavy atom. The molecule has 0 heterocycles. The van der Waals surface area contributed by atoms with E-state index in [2.05, 4.69) is 5.32 Å². The fraction of sp³-hybridized carbons (Fsp3) is 0.0714. The summed E-state index contributed by atoms with van der Waals surface area (Å²) >= 11 is 5.76. The molecule has 0 aliphatic rings. The minimum Gasteiger partial charge on any atom is -0.354 e. The minimum absolute atomic E-state index is 0.249. The van der Waals surface area contributed by atoms with Crippen LogP contribution < -0.4 is 5.32 Å². The van der Waals surface area contributed by atoms with E-state index in [1.54, 1.807) is 12.1 Å².